The van der Waals surface area contributed by atoms with Crippen LogP contribution in [0.5, 0.6) is 0 Å². The van der Waals surface area contributed by atoms with Gasteiger partial charge in [-0.1, -0.05) is 30.3 Å². The van der Waals surface area contributed by atoms with Gasteiger partial charge in [0, 0.05) is 25.9 Å². The molecule has 0 atom stereocenters. The van der Waals surface area contributed by atoms with Gasteiger partial charge in [-0.15, -0.1) is 0 Å². The molecule has 3 rings (SSSR count). The molecule has 0 saturated carbocycles. The molecule has 24 heavy (non-hydrogen) atoms. The minimum Gasteiger partial charge on any atom is -0.350 e. The third kappa shape index (κ3) is 4.41. The molecular formula is C18H24N4O2. The van der Waals surface area contributed by atoms with Crippen molar-refractivity contribution in [3.63, 3.8) is 0 Å². The number of hydrogen-bond donors (Lipinski definition) is 1. The highest BCUT2D eigenvalue weighted by molar-refractivity contribution is 6.39. The van der Waals surface area contributed by atoms with Crippen molar-refractivity contribution in [2.75, 3.05) is 26.2 Å². The van der Waals surface area contributed by atoms with Crippen LogP contribution in [0, 0.1) is 0 Å². The van der Waals surface area contributed by atoms with Gasteiger partial charge in [0.15, 0.2) is 0 Å². The van der Waals surface area contributed by atoms with Crippen LogP contribution in [0.25, 0.3) is 0 Å². The predicted molar refractivity (Wildman–Crippen MR) is 92.3 cm³/mol. The molecule has 2 heterocycles. The second kappa shape index (κ2) is 8.06. The van der Waals surface area contributed by atoms with Gasteiger partial charge < -0.3 is 10.2 Å². The minimum atomic E-state index is -0.153. The van der Waals surface area contributed by atoms with Crippen LogP contribution in [-0.4, -0.2) is 53.6 Å². The van der Waals surface area contributed by atoms with Crippen LogP contribution in [0.3, 0.4) is 0 Å². The van der Waals surface area contributed by atoms with Gasteiger partial charge in [-0.25, -0.2) is 5.01 Å². The Morgan fingerprint density at radius 3 is 2.62 bits per heavy atom. The lowest BCUT2D eigenvalue weighted by molar-refractivity contribution is -0.132. The molecule has 6 nitrogen and oxygen atoms in total. The average molecular weight is 328 g/mol. The Kier molecular flexibility index (Phi) is 5.59. The molecule has 2 aliphatic heterocycles. The maximum Gasteiger partial charge on any atom is 0.267 e. The summed E-state index contributed by atoms with van der Waals surface area (Å²) in [6.45, 7) is 4.16. The Labute approximate surface area is 142 Å². The topological polar surface area (TPSA) is 65.0 Å². The van der Waals surface area contributed by atoms with E-state index in [0.717, 1.165) is 25.2 Å². The van der Waals surface area contributed by atoms with E-state index in [-0.39, 0.29) is 11.8 Å². The van der Waals surface area contributed by atoms with E-state index >= 15 is 0 Å². The zero-order chi connectivity index (χ0) is 16.8. The number of carbonyl (C=O) groups is 2. The molecule has 128 valence electrons. The van der Waals surface area contributed by atoms with Crippen LogP contribution in [0.4, 0.5) is 0 Å². The van der Waals surface area contributed by atoms with Crippen molar-refractivity contribution in [3.05, 3.63) is 35.9 Å². The Hall–Kier alpha value is -2.21. The molecule has 1 N–H and O–H groups in total. The first-order valence-corrected chi connectivity index (χ1v) is 8.65. The van der Waals surface area contributed by atoms with E-state index in [1.165, 1.54) is 17.9 Å². The Morgan fingerprint density at radius 2 is 1.88 bits per heavy atom. The van der Waals surface area contributed by atoms with Crippen molar-refractivity contribution in [1.29, 1.82) is 0 Å². The van der Waals surface area contributed by atoms with E-state index in [0.29, 0.717) is 31.6 Å². The predicted octanol–water partition coefficient (Wildman–Crippen LogP) is 1.38. The van der Waals surface area contributed by atoms with E-state index in [1.54, 1.807) is 0 Å². The fourth-order valence-corrected chi connectivity index (χ4v) is 3.08. The number of nitrogens with one attached hydrogen (secondary N) is 1. The molecule has 6 heteroatoms. The summed E-state index contributed by atoms with van der Waals surface area (Å²) >= 11 is 0. The van der Waals surface area contributed by atoms with Crippen molar-refractivity contribution in [2.24, 2.45) is 5.10 Å². The summed E-state index contributed by atoms with van der Waals surface area (Å²) in [7, 11) is 0. The van der Waals surface area contributed by atoms with Crippen molar-refractivity contribution in [2.45, 2.75) is 32.2 Å². The maximum absolute atomic E-state index is 12.3. The van der Waals surface area contributed by atoms with E-state index in [4.69, 9.17) is 0 Å². The molecule has 2 amide bonds. The fraction of sp³-hybridized carbons (Fsp3) is 0.500. The van der Waals surface area contributed by atoms with Crippen LogP contribution in [-0.2, 0) is 16.1 Å². The summed E-state index contributed by atoms with van der Waals surface area (Å²) in [5.41, 5.74) is 1.46. The number of amides is 2. The minimum absolute atomic E-state index is 0.0348. The fourth-order valence-electron chi connectivity index (χ4n) is 3.08. The molecule has 1 saturated heterocycles. The number of nitrogens with zero attached hydrogens (tertiary/aromatic N) is 3. The van der Waals surface area contributed by atoms with Crippen LogP contribution >= 0.6 is 0 Å². The van der Waals surface area contributed by atoms with E-state index in [2.05, 4.69) is 15.3 Å². The largest absolute Gasteiger partial charge is 0.350 e. The number of likely N-dealkylation sites (tertiary alicyclic amines) is 1. The molecule has 0 aromatic heterocycles. The van der Waals surface area contributed by atoms with Crippen LogP contribution < -0.4 is 5.32 Å². The summed E-state index contributed by atoms with van der Waals surface area (Å²) < 4.78 is 0. The van der Waals surface area contributed by atoms with Gasteiger partial charge >= 0.3 is 0 Å². The number of benzene rings is 1. The van der Waals surface area contributed by atoms with E-state index in [9.17, 15) is 9.59 Å². The number of carbonyl (C=O) groups excluding carboxylic acids is 2. The van der Waals surface area contributed by atoms with Gasteiger partial charge in [0.05, 0.1) is 6.54 Å². The number of hydrogen-bond acceptors (Lipinski definition) is 4. The van der Waals surface area contributed by atoms with Crippen molar-refractivity contribution < 1.29 is 9.59 Å². The summed E-state index contributed by atoms with van der Waals surface area (Å²) in [5.74, 6) is -0.188. The Morgan fingerprint density at radius 1 is 1.12 bits per heavy atom. The number of hydrazone groups is 1. The lowest BCUT2D eigenvalue weighted by atomic mass is 10.1. The lowest BCUT2D eigenvalue weighted by Gasteiger charge is -2.23. The highest BCUT2D eigenvalue weighted by Gasteiger charge is 2.24. The van der Waals surface area contributed by atoms with Gasteiger partial charge in [0.1, 0.15) is 5.71 Å². The average Bonchev–Trinajstić information content (AvgIpc) is 3.11. The molecular weight excluding hydrogens is 304 g/mol. The van der Waals surface area contributed by atoms with Crippen molar-refractivity contribution >= 4 is 17.5 Å². The van der Waals surface area contributed by atoms with Crippen molar-refractivity contribution in [3.8, 4) is 0 Å². The first kappa shape index (κ1) is 16.6. The lowest BCUT2D eigenvalue weighted by Crippen LogP contribution is -2.41. The summed E-state index contributed by atoms with van der Waals surface area (Å²) in [6, 6.07) is 9.70. The normalized spacial score (nSPS) is 18.6. The maximum atomic E-state index is 12.3. The molecule has 1 fully saturated rings. The van der Waals surface area contributed by atoms with Crippen LogP contribution in [0.1, 0.15) is 31.2 Å². The molecule has 0 bridgehead atoms. The zero-order valence-electron chi connectivity index (χ0n) is 13.9. The van der Waals surface area contributed by atoms with E-state index < -0.39 is 0 Å². The van der Waals surface area contributed by atoms with Gasteiger partial charge in [0.2, 0.25) is 5.91 Å². The second-order valence-corrected chi connectivity index (χ2v) is 6.29. The second-order valence-electron chi connectivity index (χ2n) is 6.29. The molecule has 2 aliphatic rings. The van der Waals surface area contributed by atoms with Gasteiger partial charge in [-0.3, -0.25) is 9.59 Å². The smallest absolute Gasteiger partial charge is 0.267 e. The molecule has 1 aromatic rings. The standard InChI is InChI=1S/C18H24N4O2/c23-17-9-8-16(18(24)19-10-13-21-11-4-5-12-21)20-22(17)14-15-6-2-1-3-7-15/h1-3,6-7H,4-5,8-14H2,(H,19,24). The molecule has 0 spiro atoms. The van der Waals surface area contributed by atoms with Gasteiger partial charge in [0.25, 0.3) is 5.91 Å². The van der Waals surface area contributed by atoms with E-state index in [1.807, 2.05) is 30.3 Å². The molecule has 0 unspecified atom stereocenters. The SMILES string of the molecule is O=C(NCCN1CCCC1)C1=NN(Cc2ccccc2)C(=O)CC1. The summed E-state index contributed by atoms with van der Waals surface area (Å²) in [6.07, 6.45) is 3.25. The summed E-state index contributed by atoms with van der Waals surface area (Å²) in [4.78, 5) is 26.7. The third-order valence-corrected chi connectivity index (χ3v) is 4.45. The molecule has 1 aromatic carbocycles. The quantitative estimate of drug-likeness (QED) is 0.858. The van der Waals surface area contributed by atoms with Crippen LogP contribution in [0.15, 0.2) is 35.4 Å². The zero-order valence-corrected chi connectivity index (χ0v) is 13.9. The molecule has 0 aliphatic carbocycles. The first-order valence-electron chi connectivity index (χ1n) is 8.65. The first-order chi connectivity index (χ1) is 11.7. The highest BCUT2D eigenvalue weighted by Crippen LogP contribution is 2.13. The Balaban J connectivity index is 1.54. The third-order valence-electron chi connectivity index (χ3n) is 4.45. The monoisotopic (exact) mass is 328 g/mol. The van der Waals surface area contributed by atoms with Gasteiger partial charge in [-0.05, 0) is 31.5 Å². The van der Waals surface area contributed by atoms with Crippen molar-refractivity contribution in [1.82, 2.24) is 15.2 Å². The summed E-state index contributed by atoms with van der Waals surface area (Å²) in [5, 5.41) is 8.62. The van der Waals surface area contributed by atoms with Crippen LogP contribution in [0.2, 0.25) is 0 Å². The Bertz CT molecular complexity index is 609. The molecule has 0 radical (unpaired) electrons. The van der Waals surface area contributed by atoms with Gasteiger partial charge in [-0.2, -0.15) is 5.10 Å². The number of rotatable bonds is 6. The highest BCUT2D eigenvalue weighted by atomic mass is 16.2.